The number of hydrogen-bond acceptors (Lipinski definition) is 10. The molecule has 0 fully saturated rings. The lowest BCUT2D eigenvalue weighted by Gasteiger charge is -2.17. The molecule has 0 bridgehead atoms. The molecule has 10 heteroatoms. The smallest absolute Gasteiger partial charge is 0.310 e. The molecule has 2 aromatic heterocycles. The number of pyridine rings is 2. The quantitative estimate of drug-likeness (QED) is 0.251. The lowest BCUT2D eigenvalue weighted by atomic mass is 10.0. The van der Waals surface area contributed by atoms with Gasteiger partial charge in [-0.1, -0.05) is 33.7 Å². The van der Waals surface area contributed by atoms with Crippen LogP contribution in [0.15, 0.2) is 36.7 Å². The minimum Gasteiger partial charge on any atom is -0.466 e. The third kappa shape index (κ3) is 8.96. The normalized spacial score (nSPS) is 12.7. The van der Waals surface area contributed by atoms with Gasteiger partial charge < -0.3 is 20.9 Å². The van der Waals surface area contributed by atoms with Crippen LogP contribution in [0.1, 0.15) is 25.0 Å². The maximum Gasteiger partial charge on any atom is 0.310 e. The molecule has 0 aliphatic heterocycles. The third-order valence-corrected chi connectivity index (χ3v) is 7.08. The van der Waals surface area contributed by atoms with Gasteiger partial charge in [-0.3, -0.25) is 9.59 Å². The van der Waals surface area contributed by atoms with Crippen molar-refractivity contribution in [3.63, 3.8) is 0 Å². The summed E-state index contributed by atoms with van der Waals surface area (Å²) in [6.07, 6.45) is 4.38. The van der Waals surface area contributed by atoms with E-state index >= 15 is 0 Å². The van der Waals surface area contributed by atoms with Gasteiger partial charge in [0.2, 0.25) is 0 Å². The van der Waals surface area contributed by atoms with Crippen LogP contribution >= 0.6 is 21.6 Å². The van der Waals surface area contributed by atoms with E-state index < -0.39 is 0 Å². The first-order chi connectivity index (χ1) is 15.4. The summed E-state index contributed by atoms with van der Waals surface area (Å²) in [5, 5.41) is 0. The number of esters is 2. The summed E-state index contributed by atoms with van der Waals surface area (Å²) in [4.78, 5) is 33.0. The molecular weight excluding hydrogens is 448 g/mol. The molecular formula is C22H30N4O4S2. The number of ether oxygens (including phenoxy) is 2. The van der Waals surface area contributed by atoms with Crippen molar-refractivity contribution < 1.29 is 19.1 Å². The molecule has 2 atom stereocenters. The fourth-order valence-corrected chi connectivity index (χ4v) is 5.48. The molecule has 0 aliphatic carbocycles. The first kappa shape index (κ1) is 25.8. The largest absolute Gasteiger partial charge is 0.466 e. The number of rotatable bonds is 13. The zero-order valence-electron chi connectivity index (χ0n) is 18.4. The summed E-state index contributed by atoms with van der Waals surface area (Å²) in [6.45, 7) is 4.23. The van der Waals surface area contributed by atoms with E-state index in [4.69, 9.17) is 20.9 Å². The van der Waals surface area contributed by atoms with Gasteiger partial charge in [-0.15, -0.1) is 0 Å². The minimum absolute atomic E-state index is 0.243. The number of carbonyl (C=O) groups excluding carboxylic acids is 2. The van der Waals surface area contributed by atoms with Crippen molar-refractivity contribution in [2.24, 2.45) is 11.8 Å². The third-order valence-electron chi connectivity index (χ3n) is 4.52. The van der Waals surface area contributed by atoms with Crippen LogP contribution in [0.25, 0.3) is 0 Å². The Morgan fingerprint density at radius 2 is 1.22 bits per heavy atom. The Morgan fingerprint density at radius 3 is 1.53 bits per heavy atom. The Hall–Kier alpha value is -2.46. The van der Waals surface area contributed by atoms with Crippen molar-refractivity contribution in [3.8, 4) is 0 Å². The van der Waals surface area contributed by atoms with E-state index in [2.05, 4.69) is 9.97 Å². The van der Waals surface area contributed by atoms with Gasteiger partial charge in [0.15, 0.2) is 0 Å². The summed E-state index contributed by atoms with van der Waals surface area (Å²) in [5.41, 5.74) is 13.1. The first-order valence-corrected chi connectivity index (χ1v) is 12.9. The number of nitrogens with zero attached hydrogens (tertiary/aromatic N) is 2. The van der Waals surface area contributed by atoms with Crippen molar-refractivity contribution in [2.75, 3.05) is 36.2 Å². The van der Waals surface area contributed by atoms with E-state index in [1.54, 1.807) is 60.0 Å². The van der Waals surface area contributed by atoms with Gasteiger partial charge in [-0.2, -0.15) is 0 Å². The van der Waals surface area contributed by atoms with E-state index in [0.29, 0.717) is 49.2 Å². The maximum atomic E-state index is 12.4. The second kappa shape index (κ2) is 13.8. The molecule has 0 saturated carbocycles. The Kier molecular flexibility index (Phi) is 11.2. The van der Waals surface area contributed by atoms with Crippen LogP contribution in [0.5, 0.6) is 0 Å². The second-order valence-electron chi connectivity index (χ2n) is 7.06. The molecule has 0 saturated heterocycles. The van der Waals surface area contributed by atoms with Gasteiger partial charge in [0.25, 0.3) is 0 Å². The Balaban J connectivity index is 1.93. The number of anilines is 2. The highest BCUT2D eigenvalue weighted by Crippen LogP contribution is 2.29. The molecule has 2 heterocycles. The van der Waals surface area contributed by atoms with Gasteiger partial charge in [0.1, 0.15) is 11.6 Å². The fourth-order valence-electron chi connectivity index (χ4n) is 2.88. The molecule has 2 aromatic rings. The number of hydrogen-bond donors (Lipinski definition) is 2. The summed E-state index contributed by atoms with van der Waals surface area (Å²) < 4.78 is 10.5. The maximum absolute atomic E-state index is 12.4. The molecule has 2 rings (SSSR count). The summed E-state index contributed by atoms with van der Waals surface area (Å²) in [5.74, 6) is 0.847. The predicted molar refractivity (Wildman–Crippen MR) is 130 cm³/mol. The van der Waals surface area contributed by atoms with E-state index in [-0.39, 0.29) is 23.8 Å². The van der Waals surface area contributed by atoms with E-state index in [0.717, 1.165) is 11.1 Å². The van der Waals surface area contributed by atoms with E-state index in [1.165, 1.54) is 0 Å². The summed E-state index contributed by atoms with van der Waals surface area (Å²) >= 11 is 0. The molecule has 0 radical (unpaired) electrons. The molecule has 0 aliphatic rings. The number of nitrogens with two attached hydrogens (primary N) is 2. The Morgan fingerprint density at radius 1 is 0.812 bits per heavy atom. The van der Waals surface area contributed by atoms with Crippen LogP contribution in [0.2, 0.25) is 0 Å². The van der Waals surface area contributed by atoms with Crippen molar-refractivity contribution in [2.45, 2.75) is 26.7 Å². The number of carbonyl (C=O) groups is 2. The van der Waals surface area contributed by atoms with Gasteiger partial charge in [0, 0.05) is 23.9 Å². The average molecular weight is 479 g/mol. The van der Waals surface area contributed by atoms with Crippen LogP contribution in [-0.4, -0.2) is 46.6 Å². The molecule has 0 aromatic carbocycles. The topological polar surface area (TPSA) is 130 Å². The first-order valence-electron chi connectivity index (χ1n) is 10.4. The zero-order chi connectivity index (χ0) is 23.3. The predicted octanol–water partition coefficient (Wildman–Crippen LogP) is 3.17. The minimum atomic E-state index is -0.319. The molecule has 4 N–H and O–H groups in total. The molecule has 8 nitrogen and oxygen atoms in total. The van der Waals surface area contributed by atoms with Crippen molar-refractivity contribution in [1.29, 1.82) is 0 Å². The van der Waals surface area contributed by atoms with Crippen LogP contribution in [0.4, 0.5) is 11.6 Å². The van der Waals surface area contributed by atoms with E-state index in [1.807, 2.05) is 12.1 Å². The average Bonchev–Trinajstić information content (AvgIpc) is 2.78. The van der Waals surface area contributed by atoms with Gasteiger partial charge in [-0.05, 0) is 49.9 Å². The highest BCUT2D eigenvalue weighted by molar-refractivity contribution is 8.76. The Bertz CT molecular complexity index is 779. The monoisotopic (exact) mass is 478 g/mol. The summed E-state index contributed by atoms with van der Waals surface area (Å²) in [7, 11) is 3.08. The van der Waals surface area contributed by atoms with E-state index in [9.17, 15) is 9.59 Å². The van der Waals surface area contributed by atoms with Crippen LogP contribution < -0.4 is 11.5 Å². The molecule has 0 amide bonds. The highest BCUT2D eigenvalue weighted by atomic mass is 33.1. The molecule has 2 unspecified atom stereocenters. The number of nitrogen functional groups attached to an aromatic ring is 2. The molecule has 174 valence electrons. The van der Waals surface area contributed by atoms with Gasteiger partial charge >= 0.3 is 11.9 Å². The summed E-state index contributed by atoms with van der Waals surface area (Å²) in [6, 6.07) is 7.17. The molecule has 0 spiro atoms. The van der Waals surface area contributed by atoms with Crippen molar-refractivity contribution in [3.05, 3.63) is 47.8 Å². The van der Waals surface area contributed by atoms with Crippen LogP contribution in [0, 0.1) is 11.8 Å². The zero-order valence-corrected chi connectivity index (χ0v) is 20.0. The van der Waals surface area contributed by atoms with Crippen LogP contribution in [0.3, 0.4) is 0 Å². The van der Waals surface area contributed by atoms with Gasteiger partial charge in [-0.25, -0.2) is 9.97 Å². The fraction of sp³-hybridized carbons (Fsp3) is 0.455. The lowest BCUT2D eigenvalue weighted by Crippen LogP contribution is -2.23. The van der Waals surface area contributed by atoms with Crippen LogP contribution in [-0.2, 0) is 31.9 Å². The van der Waals surface area contributed by atoms with Crippen molar-refractivity contribution in [1.82, 2.24) is 9.97 Å². The highest BCUT2D eigenvalue weighted by Gasteiger charge is 2.24. The lowest BCUT2D eigenvalue weighted by molar-refractivity contribution is -0.148. The SMILES string of the molecule is CCOC(=O)C(CSSCC(Cc1ccc(N)nc1)C(=O)OCC)Cc1ccc(N)nc1. The molecule has 32 heavy (non-hydrogen) atoms. The van der Waals surface area contributed by atoms with Crippen molar-refractivity contribution >= 4 is 45.2 Å². The van der Waals surface area contributed by atoms with Gasteiger partial charge in [0.05, 0.1) is 25.0 Å². The second-order valence-corrected chi connectivity index (χ2v) is 9.61. The standard InChI is InChI=1S/C22H30N4O4S2/c1-3-29-21(27)17(9-15-5-7-19(23)25-11-15)13-31-32-14-18(22(28)30-4-2)10-16-6-8-20(24)26-12-16/h5-8,11-12,17-18H,3-4,9-10,13-14H2,1-2H3,(H2,23,25)(H2,24,26). The Labute approximate surface area is 196 Å². The number of aromatic nitrogens is 2.